The molecule has 2 aromatic carbocycles. The van der Waals surface area contributed by atoms with Crippen molar-refractivity contribution in [2.75, 3.05) is 0 Å². The SMILES string of the molecule is CC(C)Oc1ccc(-c2cc(F)cc(C(=O)O)c2)cc1. The molecule has 4 heteroatoms. The molecule has 0 bridgehead atoms. The molecule has 0 aromatic heterocycles. The predicted octanol–water partition coefficient (Wildman–Crippen LogP) is 3.98. The van der Waals surface area contributed by atoms with Crippen molar-refractivity contribution in [3.05, 3.63) is 53.8 Å². The number of ether oxygens (including phenoxy) is 1. The van der Waals surface area contributed by atoms with Crippen LogP contribution < -0.4 is 4.74 Å². The average Bonchev–Trinajstić information content (AvgIpc) is 2.38. The van der Waals surface area contributed by atoms with E-state index >= 15 is 0 Å². The molecule has 2 aromatic rings. The van der Waals surface area contributed by atoms with Crippen LogP contribution >= 0.6 is 0 Å². The van der Waals surface area contributed by atoms with E-state index in [1.54, 1.807) is 24.3 Å². The van der Waals surface area contributed by atoms with E-state index < -0.39 is 11.8 Å². The van der Waals surface area contributed by atoms with E-state index in [0.29, 0.717) is 5.56 Å². The Kier molecular flexibility index (Phi) is 4.03. The van der Waals surface area contributed by atoms with Gasteiger partial charge < -0.3 is 9.84 Å². The predicted molar refractivity (Wildman–Crippen MR) is 74.6 cm³/mol. The summed E-state index contributed by atoms with van der Waals surface area (Å²) in [5, 5.41) is 8.94. The molecule has 0 aliphatic heterocycles. The summed E-state index contributed by atoms with van der Waals surface area (Å²) < 4.78 is 19.0. The average molecular weight is 274 g/mol. The smallest absolute Gasteiger partial charge is 0.335 e. The van der Waals surface area contributed by atoms with Crippen LogP contribution in [0.15, 0.2) is 42.5 Å². The molecule has 0 amide bonds. The number of hydrogen-bond acceptors (Lipinski definition) is 2. The molecule has 1 N–H and O–H groups in total. The minimum Gasteiger partial charge on any atom is -0.491 e. The largest absolute Gasteiger partial charge is 0.491 e. The highest BCUT2D eigenvalue weighted by Gasteiger charge is 2.08. The normalized spacial score (nSPS) is 10.6. The topological polar surface area (TPSA) is 46.5 Å². The van der Waals surface area contributed by atoms with Crippen LogP contribution in [0.5, 0.6) is 5.75 Å². The summed E-state index contributed by atoms with van der Waals surface area (Å²) in [4.78, 5) is 10.9. The highest BCUT2D eigenvalue weighted by Crippen LogP contribution is 2.25. The van der Waals surface area contributed by atoms with Gasteiger partial charge in [-0.2, -0.15) is 0 Å². The maximum atomic E-state index is 13.4. The first kappa shape index (κ1) is 14.1. The van der Waals surface area contributed by atoms with Crippen molar-refractivity contribution in [3.63, 3.8) is 0 Å². The summed E-state index contributed by atoms with van der Waals surface area (Å²) in [6, 6.07) is 10.9. The highest BCUT2D eigenvalue weighted by atomic mass is 19.1. The fourth-order valence-electron chi connectivity index (χ4n) is 1.88. The van der Waals surface area contributed by atoms with Crippen LogP contribution in [0, 0.1) is 5.82 Å². The quantitative estimate of drug-likeness (QED) is 0.917. The van der Waals surface area contributed by atoms with Gasteiger partial charge >= 0.3 is 5.97 Å². The summed E-state index contributed by atoms with van der Waals surface area (Å²) in [7, 11) is 0. The van der Waals surface area contributed by atoms with Gasteiger partial charge in [0.05, 0.1) is 11.7 Å². The van der Waals surface area contributed by atoms with Crippen LogP contribution in [-0.2, 0) is 0 Å². The molecule has 0 heterocycles. The Balaban J connectivity index is 2.34. The van der Waals surface area contributed by atoms with E-state index in [1.165, 1.54) is 12.1 Å². The number of aromatic carboxylic acids is 1. The maximum Gasteiger partial charge on any atom is 0.335 e. The molecule has 0 spiro atoms. The second-order valence-electron chi connectivity index (χ2n) is 4.72. The van der Waals surface area contributed by atoms with Crippen molar-refractivity contribution in [1.82, 2.24) is 0 Å². The van der Waals surface area contributed by atoms with Crippen molar-refractivity contribution < 1.29 is 19.0 Å². The highest BCUT2D eigenvalue weighted by molar-refractivity contribution is 5.89. The Hall–Kier alpha value is -2.36. The van der Waals surface area contributed by atoms with Gasteiger partial charge in [-0.1, -0.05) is 12.1 Å². The van der Waals surface area contributed by atoms with Gasteiger partial charge in [0.25, 0.3) is 0 Å². The van der Waals surface area contributed by atoms with Gasteiger partial charge in [0, 0.05) is 0 Å². The number of carboxylic acid groups (broad SMARTS) is 1. The summed E-state index contributed by atoms with van der Waals surface area (Å²) >= 11 is 0. The van der Waals surface area contributed by atoms with Crippen LogP contribution in [-0.4, -0.2) is 17.2 Å². The zero-order valence-electron chi connectivity index (χ0n) is 11.3. The lowest BCUT2D eigenvalue weighted by atomic mass is 10.0. The molecule has 20 heavy (non-hydrogen) atoms. The lowest BCUT2D eigenvalue weighted by Gasteiger charge is -2.10. The Morgan fingerprint density at radius 2 is 1.75 bits per heavy atom. The zero-order chi connectivity index (χ0) is 14.7. The monoisotopic (exact) mass is 274 g/mol. The fraction of sp³-hybridized carbons (Fsp3) is 0.188. The molecular formula is C16H15FO3. The fourth-order valence-corrected chi connectivity index (χ4v) is 1.88. The maximum absolute atomic E-state index is 13.4. The van der Waals surface area contributed by atoms with E-state index in [4.69, 9.17) is 9.84 Å². The van der Waals surface area contributed by atoms with Crippen LogP contribution in [0.25, 0.3) is 11.1 Å². The molecule has 0 saturated heterocycles. The molecule has 2 rings (SSSR count). The number of halogens is 1. The summed E-state index contributed by atoms with van der Waals surface area (Å²) in [6.45, 7) is 3.86. The third-order valence-corrected chi connectivity index (χ3v) is 2.70. The van der Waals surface area contributed by atoms with Crippen molar-refractivity contribution in [3.8, 4) is 16.9 Å². The molecule has 0 unspecified atom stereocenters. The Morgan fingerprint density at radius 1 is 1.10 bits per heavy atom. The van der Waals surface area contributed by atoms with Gasteiger partial charge in [-0.3, -0.25) is 0 Å². The van der Waals surface area contributed by atoms with E-state index in [1.807, 2.05) is 13.8 Å². The lowest BCUT2D eigenvalue weighted by Crippen LogP contribution is -2.05. The van der Waals surface area contributed by atoms with Crippen molar-refractivity contribution in [1.29, 1.82) is 0 Å². The van der Waals surface area contributed by atoms with Gasteiger partial charge in [0.2, 0.25) is 0 Å². The van der Waals surface area contributed by atoms with Gasteiger partial charge in [-0.15, -0.1) is 0 Å². The van der Waals surface area contributed by atoms with Crippen LogP contribution in [0.2, 0.25) is 0 Å². The molecule has 0 radical (unpaired) electrons. The third kappa shape index (κ3) is 3.35. The Bertz CT molecular complexity index is 618. The molecule has 0 fully saturated rings. The minimum atomic E-state index is -1.15. The van der Waals surface area contributed by atoms with Crippen molar-refractivity contribution in [2.45, 2.75) is 20.0 Å². The lowest BCUT2D eigenvalue weighted by molar-refractivity contribution is 0.0696. The van der Waals surface area contributed by atoms with Crippen LogP contribution in [0.4, 0.5) is 4.39 Å². The van der Waals surface area contributed by atoms with E-state index in [0.717, 1.165) is 17.4 Å². The van der Waals surface area contributed by atoms with Crippen molar-refractivity contribution in [2.24, 2.45) is 0 Å². The number of carboxylic acids is 1. The number of benzene rings is 2. The molecule has 0 saturated carbocycles. The zero-order valence-corrected chi connectivity index (χ0v) is 11.3. The second kappa shape index (κ2) is 5.74. The van der Waals surface area contributed by atoms with E-state index in [2.05, 4.69) is 0 Å². The van der Waals surface area contributed by atoms with E-state index in [9.17, 15) is 9.18 Å². The summed E-state index contributed by atoms with van der Waals surface area (Å²) in [5.41, 5.74) is 1.20. The van der Waals surface area contributed by atoms with Gasteiger partial charge in [-0.05, 0) is 55.3 Å². The first-order chi connectivity index (χ1) is 9.45. The third-order valence-electron chi connectivity index (χ3n) is 2.70. The molecule has 3 nitrogen and oxygen atoms in total. The summed E-state index contributed by atoms with van der Waals surface area (Å²) in [6.07, 6.45) is 0.0774. The van der Waals surface area contributed by atoms with Gasteiger partial charge in [-0.25, -0.2) is 9.18 Å². The Morgan fingerprint density at radius 3 is 2.30 bits per heavy atom. The second-order valence-corrected chi connectivity index (χ2v) is 4.72. The molecule has 0 atom stereocenters. The molecule has 0 aliphatic rings. The molecule has 0 aliphatic carbocycles. The minimum absolute atomic E-state index is 0.0671. The van der Waals surface area contributed by atoms with E-state index in [-0.39, 0.29) is 11.7 Å². The number of rotatable bonds is 4. The Labute approximate surface area is 116 Å². The first-order valence-electron chi connectivity index (χ1n) is 6.26. The van der Waals surface area contributed by atoms with Gasteiger partial charge in [0.15, 0.2) is 0 Å². The van der Waals surface area contributed by atoms with Crippen molar-refractivity contribution >= 4 is 5.97 Å². The standard InChI is InChI=1S/C16H15FO3/c1-10(2)20-15-5-3-11(4-6-15)12-7-13(16(18)19)9-14(17)8-12/h3-10H,1-2H3,(H,18,19). The van der Waals surface area contributed by atoms with Gasteiger partial charge in [0.1, 0.15) is 11.6 Å². The first-order valence-corrected chi connectivity index (χ1v) is 6.26. The van der Waals surface area contributed by atoms with Crippen LogP contribution in [0.1, 0.15) is 24.2 Å². The molecular weight excluding hydrogens is 259 g/mol. The molecule has 104 valence electrons. The number of hydrogen-bond donors (Lipinski definition) is 1. The van der Waals surface area contributed by atoms with Crippen LogP contribution in [0.3, 0.4) is 0 Å². The number of carbonyl (C=O) groups is 1. The summed E-state index contributed by atoms with van der Waals surface area (Å²) in [5.74, 6) is -0.994.